The lowest BCUT2D eigenvalue weighted by atomic mass is 9.78. The highest BCUT2D eigenvalue weighted by atomic mass is 16.2. The van der Waals surface area contributed by atoms with Crippen LogP contribution in [0.15, 0.2) is 48.5 Å². The first-order valence-corrected chi connectivity index (χ1v) is 7.18. The lowest BCUT2D eigenvalue weighted by Gasteiger charge is -2.30. The molecule has 4 nitrogen and oxygen atoms in total. The lowest BCUT2D eigenvalue weighted by molar-refractivity contribution is 0.251. The molecule has 4 heteroatoms. The molecule has 0 heterocycles. The van der Waals surface area contributed by atoms with Gasteiger partial charge < -0.3 is 16.4 Å². The maximum Gasteiger partial charge on any atom is 0.319 e. The minimum Gasteiger partial charge on any atom is -0.337 e. The molecule has 0 spiro atoms. The highest BCUT2D eigenvalue weighted by Gasteiger charge is 2.25. The van der Waals surface area contributed by atoms with Gasteiger partial charge >= 0.3 is 6.03 Å². The highest BCUT2D eigenvalue weighted by molar-refractivity contribution is 5.89. The molecule has 108 valence electrons. The number of nitrogens with one attached hydrogen (secondary N) is 2. The van der Waals surface area contributed by atoms with Gasteiger partial charge in [0, 0.05) is 24.7 Å². The maximum absolute atomic E-state index is 11.9. The zero-order chi connectivity index (χ0) is 14.7. The fourth-order valence-electron chi connectivity index (χ4n) is 2.66. The number of benzene rings is 2. The normalized spacial score (nSPS) is 15.8. The van der Waals surface area contributed by atoms with Gasteiger partial charge in [-0.25, -0.2) is 4.79 Å². The molecule has 1 unspecified atom stereocenters. The lowest BCUT2D eigenvalue weighted by Crippen LogP contribution is -2.35. The molecule has 1 atom stereocenters. The van der Waals surface area contributed by atoms with Gasteiger partial charge in [-0.15, -0.1) is 0 Å². The molecule has 0 saturated carbocycles. The Balaban J connectivity index is 1.49. The van der Waals surface area contributed by atoms with Gasteiger partial charge in [-0.2, -0.15) is 0 Å². The number of anilines is 1. The summed E-state index contributed by atoms with van der Waals surface area (Å²) >= 11 is 0. The molecule has 2 aromatic rings. The van der Waals surface area contributed by atoms with Crippen molar-refractivity contribution in [3.63, 3.8) is 0 Å². The first kappa shape index (κ1) is 13.6. The number of nitrogens with two attached hydrogens (primary N) is 1. The van der Waals surface area contributed by atoms with E-state index < -0.39 is 0 Å². The van der Waals surface area contributed by atoms with Crippen LogP contribution in [0.2, 0.25) is 0 Å². The van der Waals surface area contributed by atoms with Crippen LogP contribution in [-0.2, 0) is 13.0 Å². The van der Waals surface area contributed by atoms with Crippen LogP contribution in [0.25, 0.3) is 0 Å². The number of amides is 2. The molecule has 2 aromatic carbocycles. The molecule has 2 amide bonds. The third kappa shape index (κ3) is 3.06. The van der Waals surface area contributed by atoms with Crippen LogP contribution in [0.1, 0.15) is 22.6 Å². The van der Waals surface area contributed by atoms with E-state index in [9.17, 15) is 4.79 Å². The number of carbonyl (C=O) groups excluding carboxylic acids is 1. The monoisotopic (exact) mass is 281 g/mol. The smallest absolute Gasteiger partial charge is 0.319 e. The van der Waals surface area contributed by atoms with Gasteiger partial charge in [-0.05, 0) is 35.2 Å². The van der Waals surface area contributed by atoms with E-state index in [0.717, 1.165) is 17.7 Å². The van der Waals surface area contributed by atoms with Crippen molar-refractivity contribution in [3.8, 4) is 0 Å². The minimum atomic E-state index is -0.167. The third-order valence-corrected chi connectivity index (χ3v) is 3.92. The molecular formula is C17H19N3O. The molecule has 0 bridgehead atoms. The Hall–Kier alpha value is -2.33. The van der Waals surface area contributed by atoms with E-state index in [4.69, 9.17) is 5.73 Å². The fraction of sp³-hybridized carbons (Fsp3) is 0.235. The number of hydrogen-bond donors (Lipinski definition) is 3. The average Bonchev–Trinajstić information content (AvgIpc) is 2.49. The van der Waals surface area contributed by atoms with Crippen molar-refractivity contribution >= 4 is 11.7 Å². The van der Waals surface area contributed by atoms with E-state index in [2.05, 4.69) is 28.8 Å². The summed E-state index contributed by atoms with van der Waals surface area (Å²) in [7, 11) is 0. The van der Waals surface area contributed by atoms with Crippen molar-refractivity contribution in [2.24, 2.45) is 5.73 Å². The van der Waals surface area contributed by atoms with Gasteiger partial charge in [-0.1, -0.05) is 36.4 Å². The zero-order valence-electron chi connectivity index (χ0n) is 11.8. The predicted octanol–water partition coefficient (Wildman–Crippen LogP) is 2.61. The molecule has 0 aliphatic heterocycles. The quantitative estimate of drug-likeness (QED) is 0.806. The van der Waals surface area contributed by atoms with Crippen LogP contribution >= 0.6 is 0 Å². The topological polar surface area (TPSA) is 67.1 Å². The van der Waals surface area contributed by atoms with Crippen LogP contribution in [-0.4, -0.2) is 12.6 Å². The molecule has 21 heavy (non-hydrogen) atoms. The minimum absolute atomic E-state index is 0.167. The van der Waals surface area contributed by atoms with Crippen molar-refractivity contribution in [1.82, 2.24) is 5.32 Å². The molecule has 0 fully saturated rings. The molecule has 3 rings (SSSR count). The van der Waals surface area contributed by atoms with E-state index in [1.807, 2.05) is 30.3 Å². The van der Waals surface area contributed by atoms with Gasteiger partial charge in [0.15, 0.2) is 0 Å². The summed E-state index contributed by atoms with van der Waals surface area (Å²) in [4.78, 5) is 11.9. The fourth-order valence-corrected chi connectivity index (χ4v) is 2.66. The van der Waals surface area contributed by atoms with Crippen LogP contribution in [0.4, 0.5) is 10.5 Å². The van der Waals surface area contributed by atoms with E-state index in [0.29, 0.717) is 19.0 Å². The SMILES string of the molecule is NCc1ccc(NC(=O)NCC2Cc3ccccc32)cc1. The van der Waals surface area contributed by atoms with Crippen LogP contribution in [0.3, 0.4) is 0 Å². The van der Waals surface area contributed by atoms with Gasteiger partial charge in [0.2, 0.25) is 0 Å². The molecule has 0 saturated heterocycles. The Bertz CT molecular complexity index is 637. The predicted molar refractivity (Wildman–Crippen MR) is 84.2 cm³/mol. The van der Waals surface area contributed by atoms with Crippen molar-refractivity contribution in [2.75, 3.05) is 11.9 Å². The largest absolute Gasteiger partial charge is 0.337 e. The van der Waals surface area contributed by atoms with Gasteiger partial charge in [0.1, 0.15) is 0 Å². The molecule has 4 N–H and O–H groups in total. The summed E-state index contributed by atoms with van der Waals surface area (Å²) in [5.41, 5.74) is 10.1. The Labute approximate surface area is 124 Å². The van der Waals surface area contributed by atoms with Crippen molar-refractivity contribution < 1.29 is 4.79 Å². The zero-order valence-corrected chi connectivity index (χ0v) is 11.8. The van der Waals surface area contributed by atoms with E-state index in [1.165, 1.54) is 11.1 Å². The van der Waals surface area contributed by atoms with E-state index in [-0.39, 0.29) is 6.03 Å². The maximum atomic E-state index is 11.9. The molecular weight excluding hydrogens is 262 g/mol. The summed E-state index contributed by atoms with van der Waals surface area (Å²) < 4.78 is 0. The number of carbonyl (C=O) groups is 1. The number of rotatable bonds is 4. The second-order valence-electron chi connectivity index (χ2n) is 5.34. The highest BCUT2D eigenvalue weighted by Crippen LogP contribution is 2.33. The first-order chi connectivity index (χ1) is 10.3. The second kappa shape index (κ2) is 5.97. The van der Waals surface area contributed by atoms with Crippen molar-refractivity contribution in [2.45, 2.75) is 18.9 Å². The first-order valence-electron chi connectivity index (χ1n) is 7.18. The van der Waals surface area contributed by atoms with Crippen LogP contribution in [0, 0.1) is 0 Å². The Morgan fingerprint density at radius 1 is 1.14 bits per heavy atom. The molecule has 1 aliphatic carbocycles. The van der Waals surface area contributed by atoms with Gasteiger partial charge in [0.05, 0.1) is 0 Å². The third-order valence-electron chi connectivity index (χ3n) is 3.92. The summed E-state index contributed by atoms with van der Waals surface area (Å²) in [6.07, 6.45) is 1.04. The van der Waals surface area contributed by atoms with Crippen molar-refractivity contribution in [1.29, 1.82) is 0 Å². The van der Waals surface area contributed by atoms with Crippen LogP contribution in [0.5, 0.6) is 0 Å². The molecule has 0 radical (unpaired) electrons. The standard InChI is InChI=1S/C17H19N3O/c18-10-12-5-7-15(8-6-12)20-17(21)19-11-14-9-13-3-1-2-4-16(13)14/h1-8,14H,9-11,18H2,(H2,19,20,21). The molecule has 1 aliphatic rings. The van der Waals surface area contributed by atoms with Crippen molar-refractivity contribution in [3.05, 3.63) is 65.2 Å². The number of hydrogen-bond acceptors (Lipinski definition) is 2. The van der Waals surface area contributed by atoms with E-state index >= 15 is 0 Å². The van der Waals surface area contributed by atoms with E-state index in [1.54, 1.807) is 0 Å². The number of urea groups is 1. The van der Waals surface area contributed by atoms with Gasteiger partial charge in [0.25, 0.3) is 0 Å². The van der Waals surface area contributed by atoms with Gasteiger partial charge in [-0.3, -0.25) is 0 Å². The molecule has 0 aromatic heterocycles. The second-order valence-corrected chi connectivity index (χ2v) is 5.34. The summed E-state index contributed by atoms with van der Waals surface area (Å²) in [6.45, 7) is 1.18. The summed E-state index contributed by atoms with van der Waals surface area (Å²) in [5, 5.41) is 5.76. The number of fused-ring (bicyclic) bond motifs is 1. The Morgan fingerprint density at radius 2 is 1.90 bits per heavy atom. The summed E-state index contributed by atoms with van der Waals surface area (Å²) in [6, 6.07) is 15.8. The summed E-state index contributed by atoms with van der Waals surface area (Å²) in [5.74, 6) is 0.437. The Morgan fingerprint density at radius 3 is 2.62 bits per heavy atom. The van der Waals surface area contributed by atoms with Crippen LogP contribution < -0.4 is 16.4 Å². The Kier molecular flexibility index (Phi) is 3.88. The average molecular weight is 281 g/mol.